The van der Waals surface area contributed by atoms with Gasteiger partial charge in [0.15, 0.2) is 0 Å². The first-order valence-corrected chi connectivity index (χ1v) is 7.35. The van der Waals surface area contributed by atoms with E-state index in [0.29, 0.717) is 18.7 Å². The zero-order chi connectivity index (χ0) is 16.1. The summed E-state index contributed by atoms with van der Waals surface area (Å²) in [6, 6.07) is 5.75. The van der Waals surface area contributed by atoms with Crippen LogP contribution in [0.15, 0.2) is 24.3 Å². The van der Waals surface area contributed by atoms with Gasteiger partial charge in [-0.3, -0.25) is 9.59 Å². The summed E-state index contributed by atoms with van der Waals surface area (Å²) in [5.74, 6) is -0.743. The second kappa shape index (κ2) is 7.11. The summed E-state index contributed by atoms with van der Waals surface area (Å²) in [7, 11) is 1.59. The van der Waals surface area contributed by atoms with Gasteiger partial charge in [0.1, 0.15) is 5.75 Å². The average molecular weight is 303 g/mol. The van der Waals surface area contributed by atoms with E-state index in [0.717, 1.165) is 17.5 Å². The normalized spacial score (nSPS) is 18.5. The van der Waals surface area contributed by atoms with Gasteiger partial charge in [0.2, 0.25) is 5.91 Å². The third-order valence-corrected chi connectivity index (χ3v) is 3.87. The van der Waals surface area contributed by atoms with Crippen molar-refractivity contribution in [3.05, 3.63) is 35.4 Å². The highest BCUT2D eigenvalue weighted by atomic mass is 16.5. The molecule has 0 radical (unpaired) electrons. The second-order valence-corrected chi connectivity index (χ2v) is 5.54. The molecule has 1 N–H and O–H groups in total. The van der Waals surface area contributed by atoms with Crippen LogP contribution >= 0.6 is 0 Å². The number of aryl methyl sites for hydroxylation is 1. The van der Waals surface area contributed by atoms with Gasteiger partial charge in [-0.15, -0.1) is 0 Å². The number of carbonyl (C=O) groups is 2. The van der Waals surface area contributed by atoms with E-state index in [1.807, 2.05) is 25.1 Å². The van der Waals surface area contributed by atoms with Crippen LogP contribution in [0, 0.1) is 12.8 Å². The van der Waals surface area contributed by atoms with Gasteiger partial charge >= 0.3 is 5.97 Å². The summed E-state index contributed by atoms with van der Waals surface area (Å²) in [4.78, 5) is 24.9. The summed E-state index contributed by atoms with van der Waals surface area (Å²) in [6.07, 6.45) is 4.57. The first-order valence-electron chi connectivity index (χ1n) is 7.35. The van der Waals surface area contributed by atoms with Crippen LogP contribution in [-0.4, -0.2) is 42.1 Å². The van der Waals surface area contributed by atoms with Crippen LogP contribution in [0.25, 0.3) is 6.08 Å². The fourth-order valence-electron chi connectivity index (χ4n) is 2.63. The molecule has 1 aliphatic rings. The Kier molecular flexibility index (Phi) is 5.20. The third-order valence-electron chi connectivity index (χ3n) is 3.87. The molecule has 1 aromatic rings. The second-order valence-electron chi connectivity index (χ2n) is 5.54. The largest absolute Gasteiger partial charge is 0.496 e. The van der Waals surface area contributed by atoms with E-state index >= 15 is 0 Å². The van der Waals surface area contributed by atoms with Crippen molar-refractivity contribution >= 4 is 18.0 Å². The summed E-state index contributed by atoms with van der Waals surface area (Å²) < 4.78 is 5.27. The minimum Gasteiger partial charge on any atom is -0.496 e. The Hall–Kier alpha value is -2.30. The number of nitrogens with zero attached hydrogens (tertiary/aromatic N) is 1. The van der Waals surface area contributed by atoms with Crippen LogP contribution in [0.4, 0.5) is 0 Å². The Morgan fingerprint density at radius 3 is 2.86 bits per heavy atom. The molecule has 5 heteroatoms. The predicted octanol–water partition coefficient (Wildman–Crippen LogP) is 2.34. The fourth-order valence-corrected chi connectivity index (χ4v) is 2.63. The lowest BCUT2D eigenvalue weighted by atomic mass is 9.98. The quantitative estimate of drug-likeness (QED) is 0.867. The van der Waals surface area contributed by atoms with E-state index in [1.54, 1.807) is 18.1 Å². The number of carboxylic acid groups (broad SMARTS) is 1. The molecule has 2 rings (SSSR count). The molecule has 22 heavy (non-hydrogen) atoms. The van der Waals surface area contributed by atoms with Crippen LogP contribution in [0.5, 0.6) is 5.75 Å². The first kappa shape index (κ1) is 16.1. The maximum absolute atomic E-state index is 12.2. The number of likely N-dealkylation sites (tertiary alicyclic amines) is 1. The van der Waals surface area contributed by atoms with Gasteiger partial charge < -0.3 is 14.7 Å². The summed E-state index contributed by atoms with van der Waals surface area (Å²) in [6.45, 7) is 2.86. The molecule has 0 bridgehead atoms. The van der Waals surface area contributed by atoms with Gasteiger partial charge in [0.25, 0.3) is 0 Å². The molecule has 1 fully saturated rings. The minimum atomic E-state index is -0.832. The molecule has 0 aromatic heterocycles. The smallest absolute Gasteiger partial charge is 0.308 e. The van der Waals surface area contributed by atoms with Crippen LogP contribution in [0.2, 0.25) is 0 Å². The number of hydrogen-bond donors (Lipinski definition) is 1. The number of piperidine rings is 1. The highest BCUT2D eigenvalue weighted by Gasteiger charge is 2.27. The lowest BCUT2D eigenvalue weighted by Gasteiger charge is -2.29. The zero-order valence-corrected chi connectivity index (χ0v) is 12.9. The standard InChI is InChI=1S/C17H21NO4/c1-12-5-7-15(22-2)13(10-12)6-8-16(19)18-9-3-4-14(11-18)17(20)21/h5-8,10,14H,3-4,9,11H2,1-2H3,(H,20,21)/b8-6-/t14-/m1/s1. The molecule has 1 atom stereocenters. The maximum Gasteiger partial charge on any atom is 0.308 e. The number of hydrogen-bond acceptors (Lipinski definition) is 3. The van der Waals surface area contributed by atoms with Crippen LogP contribution in [0.3, 0.4) is 0 Å². The Bertz CT molecular complexity index is 594. The molecule has 0 spiro atoms. The number of aliphatic carboxylic acids is 1. The number of carboxylic acids is 1. The van der Waals surface area contributed by atoms with Gasteiger partial charge in [0, 0.05) is 24.7 Å². The molecule has 118 valence electrons. The van der Waals surface area contributed by atoms with Gasteiger partial charge in [-0.25, -0.2) is 0 Å². The number of methoxy groups -OCH3 is 1. The number of benzene rings is 1. The molecular weight excluding hydrogens is 282 g/mol. The van der Waals surface area contributed by atoms with Crippen molar-refractivity contribution in [2.24, 2.45) is 5.92 Å². The zero-order valence-electron chi connectivity index (χ0n) is 12.9. The van der Waals surface area contributed by atoms with Gasteiger partial charge in [-0.2, -0.15) is 0 Å². The van der Waals surface area contributed by atoms with Crippen LogP contribution in [-0.2, 0) is 9.59 Å². The molecule has 1 amide bonds. The molecular formula is C17H21NO4. The van der Waals surface area contributed by atoms with Crippen molar-refractivity contribution < 1.29 is 19.4 Å². The van der Waals surface area contributed by atoms with Gasteiger partial charge in [-0.05, 0) is 38.0 Å². The Morgan fingerprint density at radius 1 is 1.41 bits per heavy atom. The summed E-state index contributed by atoms with van der Waals surface area (Å²) in [5, 5.41) is 9.07. The summed E-state index contributed by atoms with van der Waals surface area (Å²) in [5.41, 5.74) is 1.92. The Labute approximate surface area is 130 Å². The molecule has 0 saturated carbocycles. The molecule has 5 nitrogen and oxygen atoms in total. The van der Waals surface area contributed by atoms with Crippen molar-refractivity contribution in [3.8, 4) is 5.75 Å². The minimum absolute atomic E-state index is 0.158. The molecule has 1 heterocycles. The summed E-state index contributed by atoms with van der Waals surface area (Å²) >= 11 is 0. The Balaban J connectivity index is 2.08. The van der Waals surface area contributed by atoms with Crippen molar-refractivity contribution in [1.82, 2.24) is 4.90 Å². The van der Waals surface area contributed by atoms with E-state index in [9.17, 15) is 9.59 Å². The monoisotopic (exact) mass is 303 g/mol. The number of amides is 1. The maximum atomic E-state index is 12.2. The molecule has 1 aliphatic heterocycles. The molecule has 0 aliphatic carbocycles. The lowest BCUT2D eigenvalue weighted by molar-refractivity contribution is -0.144. The van der Waals surface area contributed by atoms with Crippen molar-refractivity contribution in [1.29, 1.82) is 0 Å². The number of carbonyl (C=O) groups excluding carboxylic acids is 1. The van der Waals surface area contributed by atoms with Crippen molar-refractivity contribution in [2.45, 2.75) is 19.8 Å². The lowest BCUT2D eigenvalue weighted by Crippen LogP contribution is -2.41. The van der Waals surface area contributed by atoms with E-state index in [4.69, 9.17) is 9.84 Å². The fraction of sp³-hybridized carbons (Fsp3) is 0.412. The molecule has 0 unspecified atom stereocenters. The Morgan fingerprint density at radius 2 is 2.18 bits per heavy atom. The van der Waals surface area contributed by atoms with E-state index in [-0.39, 0.29) is 12.5 Å². The highest BCUT2D eigenvalue weighted by Crippen LogP contribution is 2.22. The third kappa shape index (κ3) is 3.87. The van der Waals surface area contributed by atoms with E-state index in [1.165, 1.54) is 6.08 Å². The molecule has 1 saturated heterocycles. The number of rotatable bonds is 4. The first-order chi connectivity index (χ1) is 10.5. The van der Waals surface area contributed by atoms with Crippen LogP contribution < -0.4 is 4.74 Å². The van der Waals surface area contributed by atoms with Crippen molar-refractivity contribution in [2.75, 3.05) is 20.2 Å². The van der Waals surface area contributed by atoms with E-state index in [2.05, 4.69) is 0 Å². The number of ether oxygens (including phenoxy) is 1. The predicted molar refractivity (Wildman–Crippen MR) is 83.7 cm³/mol. The van der Waals surface area contributed by atoms with Gasteiger partial charge in [0.05, 0.1) is 13.0 Å². The topological polar surface area (TPSA) is 66.8 Å². The SMILES string of the molecule is COc1ccc(C)cc1/C=C\C(=O)N1CCC[C@@H](C(=O)O)C1. The average Bonchev–Trinajstić information content (AvgIpc) is 2.52. The van der Waals surface area contributed by atoms with Crippen molar-refractivity contribution in [3.63, 3.8) is 0 Å². The highest BCUT2D eigenvalue weighted by molar-refractivity contribution is 5.92. The van der Waals surface area contributed by atoms with E-state index < -0.39 is 11.9 Å². The molecule has 1 aromatic carbocycles. The van der Waals surface area contributed by atoms with Gasteiger partial charge in [-0.1, -0.05) is 11.6 Å². The van der Waals surface area contributed by atoms with Crippen LogP contribution in [0.1, 0.15) is 24.0 Å².